The topological polar surface area (TPSA) is 46.6 Å². The van der Waals surface area contributed by atoms with Gasteiger partial charge in [-0.05, 0) is 31.0 Å². The highest BCUT2D eigenvalue weighted by Crippen LogP contribution is 2.40. The van der Waals surface area contributed by atoms with E-state index in [2.05, 4.69) is 0 Å². The number of rotatable bonds is 4. The van der Waals surface area contributed by atoms with Crippen LogP contribution in [0.3, 0.4) is 0 Å². The summed E-state index contributed by atoms with van der Waals surface area (Å²) in [6.07, 6.45) is 0.178. The number of halogens is 1. The fraction of sp³-hybridized carbons (Fsp3) is 0.273. The van der Waals surface area contributed by atoms with Gasteiger partial charge in [-0.2, -0.15) is 0 Å². The summed E-state index contributed by atoms with van der Waals surface area (Å²) in [5, 5.41) is 0.539. The van der Waals surface area contributed by atoms with Gasteiger partial charge in [0.1, 0.15) is 0 Å². The number of nitrogens with zero attached hydrogens (tertiary/aromatic N) is 1. The summed E-state index contributed by atoms with van der Waals surface area (Å²) in [5.41, 5.74) is 4.01. The molecule has 1 aliphatic rings. The van der Waals surface area contributed by atoms with Gasteiger partial charge in [-0.15, -0.1) is 0 Å². The van der Waals surface area contributed by atoms with Crippen LogP contribution < -0.4 is 0 Å². The van der Waals surface area contributed by atoms with Crippen molar-refractivity contribution < 1.29 is 14.3 Å². The molecular weight excluding hydrogens is 362 g/mol. The molecule has 27 heavy (non-hydrogen) atoms. The lowest BCUT2D eigenvalue weighted by Crippen LogP contribution is -2.38. The second-order valence-corrected chi connectivity index (χ2v) is 7.15. The maximum atomic E-state index is 12.9. The molecule has 0 spiro atoms. The van der Waals surface area contributed by atoms with Gasteiger partial charge in [0.25, 0.3) is 0 Å². The number of carbonyl (C=O) groups is 2. The first-order chi connectivity index (χ1) is 12.9. The number of allylic oxidation sites excluding steroid dienone is 1. The van der Waals surface area contributed by atoms with Gasteiger partial charge >= 0.3 is 5.97 Å². The molecule has 0 aliphatic carbocycles. The number of amides is 1. The predicted octanol–water partition coefficient (Wildman–Crippen LogP) is 4.61. The third kappa shape index (κ3) is 3.91. The van der Waals surface area contributed by atoms with Crippen LogP contribution in [-0.2, 0) is 20.9 Å². The Labute approximate surface area is 164 Å². The van der Waals surface area contributed by atoms with Gasteiger partial charge in [0.05, 0.1) is 19.2 Å². The highest BCUT2D eigenvalue weighted by atomic mass is 35.5. The molecule has 0 N–H and O–H groups in total. The number of esters is 1. The quantitative estimate of drug-likeness (QED) is 0.724. The highest BCUT2D eigenvalue weighted by molar-refractivity contribution is 6.31. The fourth-order valence-electron chi connectivity index (χ4n) is 3.59. The molecule has 1 aliphatic heterocycles. The minimum absolute atomic E-state index is 0.0356. The van der Waals surface area contributed by atoms with Gasteiger partial charge in [-0.25, -0.2) is 4.79 Å². The van der Waals surface area contributed by atoms with E-state index in [9.17, 15) is 9.59 Å². The van der Waals surface area contributed by atoms with Crippen LogP contribution in [0.4, 0.5) is 0 Å². The lowest BCUT2D eigenvalue weighted by atomic mass is 9.83. The molecule has 0 aromatic heterocycles. The Hall–Kier alpha value is -2.59. The average Bonchev–Trinajstić information content (AvgIpc) is 2.64. The Kier molecular flexibility index (Phi) is 5.66. The van der Waals surface area contributed by atoms with Crippen LogP contribution in [0.5, 0.6) is 0 Å². The number of methoxy groups -OCH3 is 1. The second-order valence-electron chi connectivity index (χ2n) is 6.74. The molecule has 1 amide bonds. The van der Waals surface area contributed by atoms with Crippen LogP contribution in [0, 0.1) is 6.92 Å². The third-order valence-corrected chi connectivity index (χ3v) is 5.28. The summed E-state index contributed by atoms with van der Waals surface area (Å²) in [6.45, 7) is 4.22. The van der Waals surface area contributed by atoms with Gasteiger partial charge in [-0.3, -0.25) is 4.79 Å². The molecule has 0 fully saturated rings. The minimum atomic E-state index is -0.431. The van der Waals surface area contributed by atoms with E-state index in [4.69, 9.17) is 16.3 Å². The molecule has 2 aromatic rings. The second kappa shape index (κ2) is 7.97. The zero-order valence-corrected chi connectivity index (χ0v) is 16.4. The molecular formula is C22H22ClNO3. The number of hydrogen-bond acceptors (Lipinski definition) is 3. The van der Waals surface area contributed by atoms with Gasteiger partial charge < -0.3 is 9.64 Å². The van der Waals surface area contributed by atoms with E-state index in [1.165, 1.54) is 7.11 Å². The number of benzene rings is 2. The van der Waals surface area contributed by atoms with Gasteiger partial charge in [-0.1, -0.05) is 59.6 Å². The molecule has 1 heterocycles. The number of ether oxygens (including phenoxy) is 1. The van der Waals surface area contributed by atoms with Gasteiger partial charge in [0.2, 0.25) is 5.91 Å². The molecule has 0 bridgehead atoms. The van der Waals surface area contributed by atoms with Crippen LogP contribution in [-0.4, -0.2) is 23.9 Å². The summed E-state index contributed by atoms with van der Waals surface area (Å²) in [6, 6.07) is 15.3. The maximum absolute atomic E-state index is 12.9. The van der Waals surface area contributed by atoms with E-state index in [1.54, 1.807) is 17.9 Å². The molecule has 0 saturated heterocycles. The van der Waals surface area contributed by atoms with Crippen molar-refractivity contribution in [3.8, 4) is 0 Å². The van der Waals surface area contributed by atoms with Crippen molar-refractivity contribution in [3.63, 3.8) is 0 Å². The summed E-state index contributed by atoms with van der Waals surface area (Å²) >= 11 is 6.35. The molecule has 140 valence electrons. The van der Waals surface area contributed by atoms with Crippen molar-refractivity contribution in [3.05, 3.63) is 81.5 Å². The first kappa shape index (κ1) is 19.2. The summed E-state index contributed by atoms with van der Waals surface area (Å²) in [4.78, 5) is 27.2. The van der Waals surface area contributed by atoms with Crippen molar-refractivity contribution in [1.82, 2.24) is 4.90 Å². The van der Waals surface area contributed by atoms with Crippen LogP contribution in [0.1, 0.15) is 36.0 Å². The van der Waals surface area contributed by atoms with Crippen LogP contribution in [0.15, 0.2) is 59.8 Å². The van der Waals surface area contributed by atoms with Crippen molar-refractivity contribution in [2.24, 2.45) is 0 Å². The molecule has 0 unspecified atom stereocenters. The first-order valence-corrected chi connectivity index (χ1v) is 9.19. The third-order valence-electron chi connectivity index (χ3n) is 4.93. The zero-order chi connectivity index (χ0) is 19.6. The predicted molar refractivity (Wildman–Crippen MR) is 105 cm³/mol. The standard InChI is InChI=1S/C22H22ClNO3/c1-14-7-6-8-16(11-14)13-24-15(2)21(22(26)27-3)18(12-20(24)25)17-9-4-5-10-19(17)23/h4-11,18H,12-13H2,1-3H3/t18-/m1/s1. The zero-order valence-electron chi connectivity index (χ0n) is 15.7. The highest BCUT2D eigenvalue weighted by Gasteiger charge is 2.37. The monoisotopic (exact) mass is 383 g/mol. The lowest BCUT2D eigenvalue weighted by Gasteiger charge is -2.34. The van der Waals surface area contributed by atoms with Gasteiger partial charge in [0, 0.05) is 23.1 Å². The molecule has 4 nitrogen and oxygen atoms in total. The molecule has 2 aromatic carbocycles. The van der Waals surface area contributed by atoms with E-state index < -0.39 is 11.9 Å². The Morgan fingerprint density at radius 3 is 2.59 bits per heavy atom. The summed E-state index contributed by atoms with van der Waals surface area (Å²) in [5.74, 6) is -0.877. The van der Waals surface area contributed by atoms with Crippen LogP contribution in [0.25, 0.3) is 0 Å². The van der Waals surface area contributed by atoms with E-state index in [-0.39, 0.29) is 12.3 Å². The van der Waals surface area contributed by atoms with Crippen molar-refractivity contribution in [2.75, 3.05) is 7.11 Å². The number of carbonyl (C=O) groups excluding carboxylic acids is 2. The molecule has 0 saturated carbocycles. The summed E-state index contributed by atoms with van der Waals surface area (Å²) < 4.78 is 5.03. The minimum Gasteiger partial charge on any atom is -0.466 e. The fourth-order valence-corrected chi connectivity index (χ4v) is 3.86. The SMILES string of the molecule is COC(=O)C1=C(C)N(Cc2cccc(C)c2)C(=O)C[C@@H]1c1ccccc1Cl. The molecule has 5 heteroatoms. The van der Waals surface area contributed by atoms with E-state index in [0.29, 0.717) is 22.8 Å². The molecule has 3 rings (SSSR count). The smallest absolute Gasteiger partial charge is 0.336 e. The maximum Gasteiger partial charge on any atom is 0.336 e. The van der Waals surface area contributed by atoms with Gasteiger partial charge in [0.15, 0.2) is 0 Å². The van der Waals surface area contributed by atoms with E-state index >= 15 is 0 Å². The number of hydrogen-bond donors (Lipinski definition) is 0. The summed E-state index contributed by atoms with van der Waals surface area (Å²) in [7, 11) is 1.35. The average molecular weight is 384 g/mol. The number of aryl methyl sites for hydroxylation is 1. The first-order valence-electron chi connectivity index (χ1n) is 8.81. The Morgan fingerprint density at radius 2 is 1.93 bits per heavy atom. The molecule has 0 radical (unpaired) electrons. The van der Waals surface area contributed by atoms with E-state index in [1.807, 2.05) is 49.4 Å². The Balaban J connectivity index is 2.05. The lowest BCUT2D eigenvalue weighted by molar-refractivity contribution is -0.138. The molecule has 1 atom stereocenters. The largest absolute Gasteiger partial charge is 0.466 e. The van der Waals surface area contributed by atoms with E-state index in [0.717, 1.165) is 16.7 Å². The van der Waals surface area contributed by atoms with Crippen LogP contribution in [0.2, 0.25) is 5.02 Å². The van der Waals surface area contributed by atoms with Crippen molar-refractivity contribution >= 4 is 23.5 Å². The van der Waals surface area contributed by atoms with Crippen molar-refractivity contribution in [2.45, 2.75) is 32.7 Å². The Bertz CT molecular complexity index is 919. The Morgan fingerprint density at radius 1 is 1.19 bits per heavy atom. The van der Waals surface area contributed by atoms with Crippen molar-refractivity contribution in [1.29, 1.82) is 0 Å². The van der Waals surface area contributed by atoms with Crippen LogP contribution >= 0.6 is 11.6 Å². The normalized spacial score (nSPS) is 17.3.